The van der Waals surface area contributed by atoms with Crippen LogP contribution in [0, 0.1) is 6.92 Å². The second kappa shape index (κ2) is 2.25. The molecule has 9 heavy (non-hydrogen) atoms. The van der Waals surface area contributed by atoms with E-state index >= 15 is 0 Å². The summed E-state index contributed by atoms with van der Waals surface area (Å²) in [5.41, 5.74) is 0. The van der Waals surface area contributed by atoms with Gasteiger partial charge in [0.1, 0.15) is 12.0 Å². The summed E-state index contributed by atoms with van der Waals surface area (Å²) in [6.07, 6.45) is 1.16. The van der Waals surface area contributed by atoms with E-state index in [9.17, 15) is 0 Å². The zero-order valence-corrected chi connectivity index (χ0v) is 4.87. The van der Waals surface area contributed by atoms with E-state index in [1.807, 2.05) is 0 Å². The van der Waals surface area contributed by atoms with Crippen LogP contribution in [0.25, 0.3) is 0 Å². The molecule has 1 aromatic rings. The molecule has 1 aromatic heterocycles. The molecule has 0 saturated heterocycles. The average Bonchev–Trinajstić information content (AvgIpc) is 2.17. The fourth-order valence-electron chi connectivity index (χ4n) is 0.469. The highest BCUT2D eigenvalue weighted by molar-refractivity contribution is 5.73. The lowest BCUT2D eigenvalue weighted by molar-refractivity contribution is 0.321. The van der Waals surface area contributed by atoms with Crippen LogP contribution in [0.4, 0.5) is 0 Å². The second-order valence-corrected chi connectivity index (χ2v) is 1.52. The highest BCUT2D eigenvalue weighted by Crippen LogP contribution is 1.84. The largest absolute Gasteiger partial charge is 0.411 e. The molecule has 0 aliphatic rings. The molecule has 48 valence electrons. The molecule has 0 aliphatic carbocycles. The van der Waals surface area contributed by atoms with E-state index in [1.54, 1.807) is 6.92 Å². The smallest absolute Gasteiger partial charge is 0.195 e. The van der Waals surface area contributed by atoms with Crippen LogP contribution >= 0.6 is 0 Å². The van der Waals surface area contributed by atoms with Crippen molar-refractivity contribution >= 4 is 6.21 Å². The Hall–Kier alpha value is -1.39. The van der Waals surface area contributed by atoms with Gasteiger partial charge in [-0.3, -0.25) is 5.10 Å². The predicted molar refractivity (Wildman–Crippen MR) is 30.5 cm³/mol. The minimum Gasteiger partial charge on any atom is -0.411 e. The van der Waals surface area contributed by atoms with Crippen LogP contribution in [0.3, 0.4) is 0 Å². The van der Waals surface area contributed by atoms with E-state index in [0.717, 1.165) is 6.21 Å². The van der Waals surface area contributed by atoms with Gasteiger partial charge in [-0.05, 0) is 6.92 Å². The SMILES string of the molecule is Cc1nc(C=NO)n[nH]1. The number of H-pyrrole nitrogens is 1. The molecule has 2 N–H and O–H groups in total. The number of nitrogens with one attached hydrogen (secondary N) is 1. The Bertz CT molecular complexity index is 216. The first-order valence-corrected chi connectivity index (χ1v) is 2.39. The Balaban J connectivity index is 2.85. The highest BCUT2D eigenvalue weighted by Gasteiger charge is 1.92. The lowest BCUT2D eigenvalue weighted by Crippen LogP contribution is -1.82. The van der Waals surface area contributed by atoms with E-state index in [2.05, 4.69) is 20.3 Å². The van der Waals surface area contributed by atoms with Gasteiger partial charge in [0.2, 0.25) is 0 Å². The molecule has 0 amide bonds. The first-order chi connectivity index (χ1) is 4.33. The van der Waals surface area contributed by atoms with Crippen molar-refractivity contribution < 1.29 is 5.21 Å². The third kappa shape index (κ3) is 1.25. The van der Waals surface area contributed by atoms with E-state index < -0.39 is 0 Å². The summed E-state index contributed by atoms with van der Waals surface area (Å²) in [6.45, 7) is 1.77. The van der Waals surface area contributed by atoms with Crippen LogP contribution in [0.1, 0.15) is 11.6 Å². The Kier molecular flexibility index (Phi) is 1.44. The Morgan fingerprint density at radius 3 is 3.00 bits per heavy atom. The van der Waals surface area contributed by atoms with Crippen LogP contribution in [0.15, 0.2) is 5.16 Å². The summed E-state index contributed by atoms with van der Waals surface area (Å²) in [6, 6.07) is 0. The fraction of sp³-hybridized carbons (Fsp3) is 0.250. The van der Waals surface area contributed by atoms with Crippen molar-refractivity contribution in [3.05, 3.63) is 11.6 Å². The standard InChI is InChI=1S/C4H6N4O/c1-3-6-4(2-5-9)8-7-3/h2,9H,1H3,(H,6,7,8). The van der Waals surface area contributed by atoms with Gasteiger partial charge in [-0.1, -0.05) is 5.16 Å². The first-order valence-electron chi connectivity index (χ1n) is 2.39. The van der Waals surface area contributed by atoms with Gasteiger partial charge in [-0.2, -0.15) is 5.10 Å². The number of aryl methyl sites for hydroxylation is 1. The molecule has 0 bridgehead atoms. The topological polar surface area (TPSA) is 74.2 Å². The molecule has 5 nitrogen and oxygen atoms in total. The summed E-state index contributed by atoms with van der Waals surface area (Å²) in [4.78, 5) is 3.82. The van der Waals surface area contributed by atoms with Gasteiger partial charge < -0.3 is 5.21 Å². The van der Waals surface area contributed by atoms with Crippen molar-refractivity contribution in [2.45, 2.75) is 6.92 Å². The van der Waals surface area contributed by atoms with E-state index in [4.69, 9.17) is 5.21 Å². The molecule has 0 atom stereocenters. The van der Waals surface area contributed by atoms with Crippen molar-refractivity contribution in [3.8, 4) is 0 Å². The molecule has 0 aromatic carbocycles. The van der Waals surface area contributed by atoms with E-state index in [0.29, 0.717) is 11.6 Å². The maximum Gasteiger partial charge on any atom is 0.195 e. The number of rotatable bonds is 1. The van der Waals surface area contributed by atoms with Crippen molar-refractivity contribution in [1.82, 2.24) is 15.2 Å². The van der Waals surface area contributed by atoms with Crippen molar-refractivity contribution in [3.63, 3.8) is 0 Å². The molecule has 0 saturated carbocycles. The van der Waals surface area contributed by atoms with Gasteiger partial charge in [0.05, 0.1) is 0 Å². The molecule has 5 heteroatoms. The summed E-state index contributed by atoms with van der Waals surface area (Å²) < 4.78 is 0. The maximum absolute atomic E-state index is 8.00. The van der Waals surface area contributed by atoms with Crippen molar-refractivity contribution in [1.29, 1.82) is 0 Å². The molecule has 0 radical (unpaired) electrons. The quantitative estimate of drug-likeness (QED) is 0.314. The van der Waals surface area contributed by atoms with Gasteiger partial charge in [-0.15, -0.1) is 0 Å². The minimum atomic E-state index is 0.384. The zero-order chi connectivity index (χ0) is 6.69. The monoisotopic (exact) mass is 126 g/mol. The lowest BCUT2D eigenvalue weighted by atomic mass is 10.7. The summed E-state index contributed by atoms with van der Waals surface area (Å²) in [5, 5.41) is 17.0. The van der Waals surface area contributed by atoms with E-state index in [1.165, 1.54) is 0 Å². The van der Waals surface area contributed by atoms with Gasteiger partial charge in [0.25, 0.3) is 0 Å². The van der Waals surface area contributed by atoms with Gasteiger partial charge in [-0.25, -0.2) is 4.98 Å². The molecular formula is C4H6N4O. The van der Waals surface area contributed by atoms with Crippen LogP contribution in [-0.4, -0.2) is 26.6 Å². The second-order valence-electron chi connectivity index (χ2n) is 1.52. The summed E-state index contributed by atoms with van der Waals surface area (Å²) in [5.74, 6) is 1.08. The Morgan fingerprint density at radius 2 is 2.56 bits per heavy atom. The fourth-order valence-corrected chi connectivity index (χ4v) is 0.469. The number of hydrogen-bond donors (Lipinski definition) is 2. The van der Waals surface area contributed by atoms with Crippen LogP contribution in [0.5, 0.6) is 0 Å². The third-order valence-electron chi connectivity index (χ3n) is 0.788. The molecule has 0 aliphatic heterocycles. The zero-order valence-electron chi connectivity index (χ0n) is 4.87. The van der Waals surface area contributed by atoms with E-state index in [-0.39, 0.29) is 0 Å². The number of hydrogen-bond acceptors (Lipinski definition) is 4. The first kappa shape index (κ1) is 5.74. The number of aromatic amines is 1. The molecule has 1 rings (SSSR count). The molecule has 0 unspecified atom stereocenters. The van der Waals surface area contributed by atoms with Crippen LogP contribution in [-0.2, 0) is 0 Å². The lowest BCUT2D eigenvalue weighted by Gasteiger charge is -1.72. The average molecular weight is 126 g/mol. The van der Waals surface area contributed by atoms with Gasteiger partial charge in [0, 0.05) is 0 Å². The van der Waals surface area contributed by atoms with Crippen molar-refractivity contribution in [2.75, 3.05) is 0 Å². The normalized spacial score (nSPS) is 10.8. The third-order valence-corrected chi connectivity index (χ3v) is 0.788. The van der Waals surface area contributed by atoms with Gasteiger partial charge >= 0.3 is 0 Å². The Morgan fingerprint density at radius 1 is 1.78 bits per heavy atom. The summed E-state index contributed by atoms with van der Waals surface area (Å²) >= 11 is 0. The van der Waals surface area contributed by atoms with Crippen LogP contribution in [0.2, 0.25) is 0 Å². The summed E-state index contributed by atoms with van der Waals surface area (Å²) in [7, 11) is 0. The molecular weight excluding hydrogens is 120 g/mol. The predicted octanol–water partition coefficient (Wildman–Crippen LogP) is -0.0788. The highest BCUT2D eigenvalue weighted by atomic mass is 16.4. The van der Waals surface area contributed by atoms with Gasteiger partial charge in [0.15, 0.2) is 5.82 Å². The maximum atomic E-state index is 8.00. The molecule has 0 spiro atoms. The van der Waals surface area contributed by atoms with Crippen LogP contribution < -0.4 is 0 Å². The Labute approximate surface area is 51.4 Å². The van der Waals surface area contributed by atoms with Crippen molar-refractivity contribution in [2.24, 2.45) is 5.16 Å². The minimum absolute atomic E-state index is 0.384. The molecule has 1 heterocycles. The molecule has 0 fully saturated rings. The number of aromatic nitrogens is 3. The number of nitrogens with zero attached hydrogens (tertiary/aromatic N) is 3. The number of oxime groups is 1.